The first-order valence-electron chi connectivity index (χ1n) is 1.13. The monoisotopic (exact) mass is 87.0 g/mol. The predicted molar refractivity (Wildman–Crippen MR) is 21.2 cm³/mol. The lowest BCUT2D eigenvalue weighted by Crippen LogP contribution is -1.40. The number of rotatable bonds is 0. The van der Waals surface area contributed by atoms with Gasteiger partial charge in [-0.15, -0.1) is 13.2 Å². The van der Waals surface area contributed by atoms with Crippen molar-refractivity contribution in [3.05, 3.63) is 13.2 Å². The Labute approximate surface area is 35.6 Å². The van der Waals surface area contributed by atoms with Crippen LogP contribution in [0.3, 0.4) is 0 Å². The van der Waals surface area contributed by atoms with E-state index in [2.05, 4.69) is 13.2 Å². The largest absolute Gasteiger partial charge is 0.401 e. The van der Waals surface area contributed by atoms with Gasteiger partial charge in [0.2, 0.25) is 0 Å². The van der Waals surface area contributed by atoms with Gasteiger partial charge in [0.15, 0.2) is 0 Å². The summed E-state index contributed by atoms with van der Waals surface area (Å²) in [7, 11) is 0. The molecule has 0 aliphatic heterocycles. The van der Waals surface area contributed by atoms with Gasteiger partial charge in [0.25, 0.3) is 6.08 Å². The van der Waals surface area contributed by atoms with E-state index >= 15 is 0 Å². The molecule has 0 aromatic heterocycles. The molecule has 0 bridgehead atoms. The summed E-state index contributed by atoms with van der Waals surface area (Å²) >= 11 is 0. The van der Waals surface area contributed by atoms with Crippen molar-refractivity contribution >= 4 is 6.08 Å². The van der Waals surface area contributed by atoms with Crippen LogP contribution in [-0.2, 0) is 4.79 Å². The summed E-state index contributed by atoms with van der Waals surface area (Å²) in [6, 6.07) is 0. The Balaban J connectivity index is 0. The van der Waals surface area contributed by atoms with E-state index in [-0.39, 0.29) is 0 Å². The van der Waals surface area contributed by atoms with Gasteiger partial charge in [-0.1, -0.05) is 0 Å². The van der Waals surface area contributed by atoms with Gasteiger partial charge >= 0.3 is 0 Å². The van der Waals surface area contributed by atoms with E-state index < -0.39 is 0 Å². The van der Waals surface area contributed by atoms with Crippen molar-refractivity contribution in [3.8, 4) is 0 Å². The number of hydrogen-bond acceptors (Lipinski definition) is 3. The van der Waals surface area contributed by atoms with Crippen molar-refractivity contribution < 1.29 is 10.0 Å². The molecule has 0 aromatic carbocycles. The standard InChI is InChI=1S/C2H4.CHNO2/c1-2;3-1-2-4/h1-2H2;4H. The molecule has 0 saturated heterocycles. The van der Waals surface area contributed by atoms with Crippen LogP contribution < -0.4 is 0 Å². The number of nitrogens with zero attached hydrogens (tertiary/aromatic N) is 1. The van der Waals surface area contributed by atoms with Crippen LogP contribution >= 0.6 is 0 Å². The molecule has 34 valence electrons. The topological polar surface area (TPSA) is 49.7 Å². The van der Waals surface area contributed by atoms with Gasteiger partial charge in [0.1, 0.15) is 0 Å². The number of hydrogen-bond donors (Lipinski definition) is 1. The van der Waals surface area contributed by atoms with Crippen LogP contribution in [0.15, 0.2) is 18.3 Å². The molecular weight excluding hydrogens is 82.0 g/mol. The van der Waals surface area contributed by atoms with E-state index in [1.807, 2.05) is 5.16 Å². The molecule has 0 aliphatic carbocycles. The van der Waals surface area contributed by atoms with Gasteiger partial charge in [0.05, 0.1) is 0 Å². The predicted octanol–water partition coefficient (Wildman–Crippen LogP) is 0.514. The minimum atomic E-state index is 0.861. The molecule has 0 atom stereocenters. The van der Waals surface area contributed by atoms with E-state index in [9.17, 15) is 0 Å². The summed E-state index contributed by atoms with van der Waals surface area (Å²) in [4.78, 5) is 8.63. The summed E-state index contributed by atoms with van der Waals surface area (Å²) in [5.74, 6) is 0. The third kappa shape index (κ3) is 1680. The zero-order chi connectivity index (χ0) is 5.41. The Morgan fingerprint density at radius 1 is 1.67 bits per heavy atom. The maximum atomic E-state index is 8.63. The molecule has 3 heteroatoms. The van der Waals surface area contributed by atoms with Crippen molar-refractivity contribution in [3.63, 3.8) is 0 Å². The first kappa shape index (κ1) is 8.87. The fourth-order valence-corrected chi connectivity index (χ4v) is 0. The fraction of sp³-hybridized carbons (Fsp3) is 0. The van der Waals surface area contributed by atoms with Gasteiger partial charge in [-0.3, -0.25) is 0 Å². The highest BCUT2D eigenvalue weighted by atomic mass is 16.4. The summed E-state index contributed by atoms with van der Waals surface area (Å²) in [6.45, 7) is 6.00. The van der Waals surface area contributed by atoms with Gasteiger partial charge in [0, 0.05) is 5.16 Å². The maximum absolute atomic E-state index is 8.63. The van der Waals surface area contributed by atoms with E-state index in [0.717, 1.165) is 6.08 Å². The molecule has 0 amide bonds. The average molecular weight is 87.1 g/mol. The van der Waals surface area contributed by atoms with Crippen molar-refractivity contribution in [2.24, 2.45) is 5.16 Å². The number of carbonyl (C=O) groups excluding carboxylic acids is 1. The molecular formula is C3H5NO2. The fourth-order valence-electron chi connectivity index (χ4n) is 0. The summed E-state index contributed by atoms with van der Waals surface area (Å²) in [5, 5.41) is 9.01. The highest BCUT2D eigenvalue weighted by molar-refractivity contribution is 5.30. The second-order valence-electron chi connectivity index (χ2n) is 0.191. The van der Waals surface area contributed by atoms with Crippen LogP contribution in [0, 0.1) is 0 Å². The first-order valence-corrected chi connectivity index (χ1v) is 1.13. The van der Waals surface area contributed by atoms with Crippen LogP contribution in [0.5, 0.6) is 0 Å². The third-order valence-electron chi connectivity index (χ3n) is 0.0408. The van der Waals surface area contributed by atoms with Gasteiger partial charge in [-0.05, 0) is 0 Å². The van der Waals surface area contributed by atoms with Crippen molar-refractivity contribution in [2.75, 3.05) is 0 Å². The Morgan fingerprint density at radius 2 is 1.83 bits per heavy atom. The summed E-state index contributed by atoms with van der Waals surface area (Å²) < 4.78 is 0. The molecule has 0 rings (SSSR count). The molecule has 0 heterocycles. The molecule has 3 nitrogen and oxygen atoms in total. The highest BCUT2D eigenvalue weighted by Crippen LogP contribution is 1.26. The van der Waals surface area contributed by atoms with Crippen LogP contribution in [-0.4, -0.2) is 11.3 Å². The van der Waals surface area contributed by atoms with E-state index in [4.69, 9.17) is 10.0 Å². The molecule has 0 aromatic rings. The SMILES string of the molecule is C=C.O=C=NO. The second-order valence-corrected chi connectivity index (χ2v) is 0.191. The summed E-state index contributed by atoms with van der Waals surface area (Å²) in [5.41, 5.74) is 0. The quantitative estimate of drug-likeness (QED) is 0.154. The van der Waals surface area contributed by atoms with Crippen molar-refractivity contribution in [1.29, 1.82) is 0 Å². The zero-order valence-corrected chi connectivity index (χ0v) is 3.22. The van der Waals surface area contributed by atoms with Gasteiger partial charge < -0.3 is 5.21 Å². The molecule has 6 heavy (non-hydrogen) atoms. The van der Waals surface area contributed by atoms with E-state index in [0.29, 0.717) is 0 Å². The molecule has 0 radical (unpaired) electrons. The lowest BCUT2D eigenvalue weighted by molar-refractivity contribution is 0.315. The molecule has 0 fully saturated rings. The van der Waals surface area contributed by atoms with Crippen LogP contribution in [0.2, 0.25) is 0 Å². The average Bonchev–Trinajstić information content (AvgIpc) is 1.72. The van der Waals surface area contributed by atoms with Crippen molar-refractivity contribution in [1.82, 2.24) is 0 Å². The summed E-state index contributed by atoms with van der Waals surface area (Å²) in [6.07, 6.45) is 0.861. The Bertz CT molecular complexity index is 55.8. The minimum absolute atomic E-state index is 0.861. The van der Waals surface area contributed by atoms with Crippen molar-refractivity contribution in [2.45, 2.75) is 0 Å². The minimum Gasteiger partial charge on any atom is -0.401 e. The van der Waals surface area contributed by atoms with Crippen LogP contribution in [0.4, 0.5) is 0 Å². The smallest absolute Gasteiger partial charge is 0.276 e. The molecule has 0 unspecified atom stereocenters. The van der Waals surface area contributed by atoms with Crippen LogP contribution in [0.1, 0.15) is 0 Å². The maximum Gasteiger partial charge on any atom is 0.276 e. The van der Waals surface area contributed by atoms with Gasteiger partial charge in [-0.25, -0.2) is 4.79 Å². The normalized spacial score (nSPS) is 3.33. The van der Waals surface area contributed by atoms with E-state index in [1.165, 1.54) is 0 Å². The number of isocyanates is 1. The Hall–Kier alpha value is -1.08. The first-order chi connectivity index (χ1) is 2.91. The zero-order valence-electron chi connectivity index (χ0n) is 3.22. The Morgan fingerprint density at radius 3 is 1.83 bits per heavy atom. The third-order valence-corrected chi connectivity index (χ3v) is 0.0408. The molecule has 0 spiro atoms. The lowest BCUT2D eigenvalue weighted by atomic mass is 11.3. The molecule has 1 N–H and O–H groups in total. The van der Waals surface area contributed by atoms with Crippen LogP contribution in [0.25, 0.3) is 0 Å². The van der Waals surface area contributed by atoms with Gasteiger partial charge in [-0.2, -0.15) is 0 Å². The van der Waals surface area contributed by atoms with E-state index in [1.54, 1.807) is 0 Å². The lowest BCUT2D eigenvalue weighted by Gasteiger charge is -1.40. The molecule has 0 aliphatic rings. The molecule has 0 saturated carbocycles. The Kier molecular flexibility index (Phi) is 58.4. The highest BCUT2D eigenvalue weighted by Gasteiger charge is 1.31. The second kappa shape index (κ2) is 39.5.